The number of fused-ring (bicyclic) bond motifs is 1. The van der Waals surface area contributed by atoms with Crippen LogP contribution < -0.4 is 10.6 Å². The minimum atomic E-state index is -0.392. The SMILES string of the molecule is O=[N+]([O-])c1ccc2c(c1)CNC(=S)NC2. The molecule has 6 heteroatoms. The summed E-state index contributed by atoms with van der Waals surface area (Å²) in [6.07, 6.45) is 0. The molecule has 0 saturated carbocycles. The fourth-order valence-corrected chi connectivity index (χ4v) is 1.62. The highest BCUT2D eigenvalue weighted by atomic mass is 32.1. The maximum absolute atomic E-state index is 10.6. The van der Waals surface area contributed by atoms with Gasteiger partial charge in [-0.15, -0.1) is 0 Å². The molecule has 5 nitrogen and oxygen atoms in total. The van der Waals surface area contributed by atoms with Crippen LogP contribution in [0, 0.1) is 10.1 Å². The van der Waals surface area contributed by atoms with E-state index in [9.17, 15) is 10.1 Å². The Balaban J connectivity index is 2.36. The molecule has 15 heavy (non-hydrogen) atoms. The van der Waals surface area contributed by atoms with Crippen LogP contribution in [0.15, 0.2) is 18.2 Å². The van der Waals surface area contributed by atoms with E-state index < -0.39 is 4.92 Å². The van der Waals surface area contributed by atoms with E-state index in [2.05, 4.69) is 10.6 Å². The van der Waals surface area contributed by atoms with Crippen LogP contribution in [0.3, 0.4) is 0 Å². The van der Waals surface area contributed by atoms with Gasteiger partial charge in [0, 0.05) is 25.2 Å². The number of rotatable bonds is 1. The Morgan fingerprint density at radius 3 is 2.60 bits per heavy atom. The third-order valence-electron chi connectivity index (χ3n) is 2.28. The van der Waals surface area contributed by atoms with Crippen LogP contribution >= 0.6 is 12.2 Å². The Labute approximate surface area is 91.6 Å². The minimum Gasteiger partial charge on any atom is -0.359 e. The van der Waals surface area contributed by atoms with Crippen molar-refractivity contribution in [3.05, 3.63) is 39.4 Å². The van der Waals surface area contributed by atoms with Crippen LogP contribution in [-0.4, -0.2) is 10.0 Å². The Bertz CT molecular complexity index is 433. The molecule has 2 rings (SSSR count). The highest BCUT2D eigenvalue weighted by molar-refractivity contribution is 7.80. The Hall–Kier alpha value is -1.69. The first-order valence-corrected chi connectivity index (χ1v) is 4.85. The third kappa shape index (κ3) is 2.04. The monoisotopic (exact) mass is 223 g/mol. The van der Waals surface area contributed by atoms with Crippen LogP contribution in [0.4, 0.5) is 5.69 Å². The van der Waals surface area contributed by atoms with Gasteiger partial charge in [-0.05, 0) is 23.3 Å². The molecule has 0 fully saturated rings. The molecule has 0 unspecified atom stereocenters. The summed E-state index contributed by atoms with van der Waals surface area (Å²) in [5, 5.41) is 17.1. The summed E-state index contributed by atoms with van der Waals surface area (Å²) < 4.78 is 0. The van der Waals surface area contributed by atoms with Crippen LogP contribution in [0.1, 0.15) is 11.1 Å². The van der Waals surface area contributed by atoms with Gasteiger partial charge in [-0.3, -0.25) is 10.1 Å². The molecule has 0 amide bonds. The number of benzene rings is 1. The summed E-state index contributed by atoms with van der Waals surface area (Å²) in [6, 6.07) is 4.85. The summed E-state index contributed by atoms with van der Waals surface area (Å²) in [6.45, 7) is 1.14. The number of nitrogens with one attached hydrogen (secondary N) is 2. The molecular weight excluding hydrogens is 214 g/mol. The van der Waals surface area contributed by atoms with Crippen molar-refractivity contribution in [2.45, 2.75) is 13.1 Å². The van der Waals surface area contributed by atoms with Gasteiger partial charge in [0.05, 0.1) is 4.92 Å². The zero-order chi connectivity index (χ0) is 10.8. The highest BCUT2D eigenvalue weighted by Gasteiger charge is 2.13. The van der Waals surface area contributed by atoms with Crippen LogP contribution in [0.5, 0.6) is 0 Å². The summed E-state index contributed by atoms with van der Waals surface area (Å²) in [4.78, 5) is 10.2. The second kappa shape index (κ2) is 3.82. The molecule has 78 valence electrons. The molecule has 0 saturated heterocycles. The number of hydrogen-bond acceptors (Lipinski definition) is 3. The normalized spacial score (nSPS) is 14.5. The van der Waals surface area contributed by atoms with Gasteiger partial charge < -0.3 is 10.6 Å². The molecule has 1 heterocycles. The van der Waals surface area contributed by atoms with Crippen molar-refractivity contribution in [2.75, 3.05) is 0 Å². The maximum Gasteiger partial charge on any atom is 0.269 e. The number of nitrogens with zero attached hydrogens (tertiary/aromatic N) is 1. The molecule has 1 aromatic rings. The zero-order valence-electron chi connectivity index (χ0n) is 7.82. The largest absolute Gasteiger partial charge is 0.359 e. The molecule has 0 aliphatic carbocycles. The molecule has 0 spiro atoms. The summed E-state index contributed by atoms with van der Waals surface area (Å²) >= 11 is 4.97. The van der Waals surface area contributed by atoms with Gasteiger partial charge in [0.25, 0.3) is 5.69 Å². The van der Waals surface area contributed by atoms with Gasteiger partial charge in [-0.2, -0.15) is 0 Å². The van der Waals surface area contributed by atoms with Crippen molar-refractivity contribution in [1.29, 1.82) is 0 Å². The van der Waals surface area contributed by atoms with Gasteiger partial charge in [-0.25, -0.2) is 0 Å². The summed E-state index contributed by atoms with van der Waals surface area (Å²) in [5.74, 6) is 0. The predicted octanol–water partition coefficient (Wildman–Crippen LogP) is 1.07. The van der Waals surface area contributed by atoms with Crippen molar-refractivity contribution in [3.63, 3.8) is 0 Å². The molecule has 0 atom stereocenters. The lowest BCUT2D eigenvalue weighted by Crippen LogP contribution is -2.31. The van der Waals surface area contributed by atoms with Crippen molar-refractivity contribution in [2.24, 2.45) is 0 Å². The van der Waals surface area contributed by atoms with Gasteiger partial charge in [-0.1, -0.05) is 6.07 Å². The lowest BCUT2D eigenvalue weighted by molar-refractivity contribution is -0.384. The van der Waals surface area contributed by atoms with E-state index in [-0.39, 0.29) is 5.69 Å². The van der Waals surface area contributed by atoms with Gasteiger partial charge in [0.15, 0.2) is 5.11 Å². The van der Waals surface area contributed by atoms with E-state index >= 15 is 0 Å². The van der Waals surface area contributed by atoms with E-state index in [0.717, 1.165) is 11.1 Å². The second-order valence-corrected chi connectivity index (χ2v) is 3.65. The predicted molar refractivity (Wildman–Crippen MR) is 59.4 cm³/mol. The molecular formula is C9H9N3O2S. The lowest BCUT2D eigenvalue weighted by Gasteiger charge is -2.03. The lowest BCUT2D eigenvalue weighted by atomic mass is 10.1. The average Bonchev–Trinajstić information content (AvgIpc) is 2.40. The topological polar surface area (TPSA) is 67.2 Å². The van der Waals surface area contributed by atoms with E-state index in [1.165, 1.54) is 6.07 Å². The smallest absolute Gasteiger partial charge is 0.269 e. The van der Waals surface area contributed by atoms with Crippen molar-refractivity contribution in [1.82, 2.24) is 10.6 Å². The summed E-state index contributed by atoms with van der Waals surface area (Å²) in [7, 11) is 0. The first kappa shape index (κ1) is 9.85. The van der Waals surface area contributed by atoms with Gasteiger partial charge in [0.2, 0.25) is 0 Å². The quantitative estimate of drug-likeness (QED) is 0.423. The highest BCUT2D eigenvalue weighted by Crippen LogP contribution is 2.18. The van der Waals surface area contributed by atoms with Crippen molar-refractivity contribution < 1.29 is 4.92 Å². The Kier molecular flexibility index (Phi) is 2.51. The first-order valence-electron chi connectivity index (χ1n) is 4.45. The van der Waals surface area contributed by atoms with Crippen LogP contribution in [0.2, 0.25) is 0 Å². The number of hydrogen-bond donors (Lipinski definition) is 2. The van der Waals surface area contributed by atoms with E-state index in [4.69, 9.17) is 12.2 Å². The van der Waals surface area contributed by atoms with Gasteiger partial charge >= 0.3 is 0 Å². The van der Waals surface area contributed by atoms with Crippen LogP contribution in [0.25, 0.3) is 0 Å². The van der Waals surface area contributed by atoms with E-state index in [0.29, 0.717) is 18.2 Å². The summed E-state index contributed by atoms with van der Waals surface area (Å²) in [5.41, 5.74) is 2.06. The number of nitro benzene ring substituents is 1. The maximum atomic E-state index is 10.6. The van der Waals surface area contributed by atoms with E-state index in [1.807, 2.05) is 0 Å². The molecule has 0 radical (unpaired) electrons. The number of nitro groups is 1. The van der Waals surface area contributed by atoms with E-state index in [1.54, 1.807) is 12.1 Å². The van der Waals surface area contributed by atoms with Gasteiger partial charge in [0.1, 0.15) is 0 Å². The molecule has 0 aromatic heterocycles. The number of thiocarbonyl (C=S) groups is 1. The Morgan fingerprint density at radius 1 is 1.27 bits per heavy atom. The third-order valence-corrected chi connectivity index (χ3v) is 2.57. The minimum absolute atomic E-state index is 0.114. The molecule has 0 bridgehead atoms. The molecule has 1 aliphatic rings. The fraction of sp³-hybridized carbons (Fsp3) is 0.222. The van der Waals surface area contributed by atoms with Crippen molar-refractivity contribution in [3.8, 4) is 0 Å². The Morgan fingerprint density at radius 2 is 1.93 bits per heavy atom. The van der Waals surface area contributed by atoms with Crippen LogP contribution in [-0.2, 0) is 13.1 Å². The molecule has 1 aliphatic heterocycles. The average molecular weight is 223 g/mol. The standard InChI is InChI=1S/C9H9N3O2S/c13-12(14)8-2-1-6-4-10-9(15)11-5-7(6)3-8/h1-3H,4-5H2,(H2,10,11,15). The second-order valence-electron chi connectivity index (χ2n) is 3.25. The molecule has 1 aromatic carbocycles. The number of non-ortho nitro benzene ring substituents is 1. The van der Waals surface area contributed by atoms with Crippen molar-refractivity contribution >= 4 is 23.0 Å². The zero-order valence-corrected chi connectivity index (χ0v) is 8.63. The fourth-order valence-electron chi connectivity index (χ4n) is 1.48. The first-order chi connectivity index (χ1) is 7.16. The molecule has 2 N–H and O–H groups in total.